The van der Waals surface area contributed by atoms with Crippen LogP contribution in [0.25, 0.3) is 0 Å². The zero-order valence-electron chi connectivity index (χ0n) is 16.4. The van der Waals surface area contributed by atoms with Crippen molar-refractivity contribution in [1.29, 1.82) is 0 Å². The van der Waals surface area contributed by atoms with E-state index >= 15 is 0 Å². The van der Waals surface area contributed by atoms with Gasteiger partial charge in [0.05, 0.1) is 4.90 Å². The summed E-state index contributed by atoms with van der Waals surface area (Å²) in [6.45, 7) is 5.89. The van der Waals surface area contributed by atoms with E-state index in [1.165, 1.54) is 11.1 Å². The van der Waals surface area contributed by atoms with Crippen molar-refractivity contribution in [3.63, 3.8) is 0 Å². The highest BCUT2D eigenvalue weighted by atomic mass is 32.2. The quantitative estimate of drug-likeness (QED) is 0.789. The van der Waals surface area contributed by atoms with E-state index in [1.807, 2.05) is 0 Å². The molecular weight excluding hydrogens is 372 g/mol. The fourth-order valence-corrected chi connectivity index (χ4v) is 5.40. The number of benzene rings is 2. The van der Waals surface area contributed by atoms with Crippen LogP contribution in [0.3, 0.4) is 0 Å². The highest BCUT2D eigenvalue weighted by molar-refractivity contribution is 7.89. The molecule has 1 fully saturated rings. The monoisotopic (exact) mass is 398 g/mol. The number of rotatable bonds is 4. The number of nitrogens with zero attached hydrogens (tertiary/aromatic N) is 2. The second-order valence-corrected chi connectivity index (χ2v) is 9.85. The van der Waals surface area contributed by atoms with Gasteiger partial charge in [-0.1, -0.05) is 32.0 Å². The Morgan fingerprint density at radius 1 is 0.929 bits per heavy atom. The van der Waals surface area contributed by atoms with Crippen molar-refractivity contribution in [2.24, 2.45) is 0 Å². The SMILES string of the molecule is CC(C)c1ccc2c(c1)CN(S(=O)(=O)c1ccc(N3CCCC3=O)cc1)CC2. The largest absolute Gasteiger partial charge is 0.312 e. The molecule has 0 N–H and O–H groups in total. The Morgan fingerprint density at radius 2 is 1.68 bits per heavy atom. The van der Waals surface area contributed by atoms with Gasteiger partial charge in [0, 0.05) is 31.7 Å². The van der Waals surface area contributed by atoms with Gasteiger partial charge in [-0.05, 0) is 59.7 Å². The van der Waals surface area contributed by atoms with Crippen molar-refractivity contribution in [3.05, 3.63) is 59.2 Å². The molecule has 1 amide bonds. The van der Waals surface area contributed by atoms with E-state index in [1.54, 1.807) is 33.5 Å². The molecule has 0 aliphatic carbocycles. The third-order valence-corrected chi connectivity index (χ3v) is 7.59. The van der Waals surface area contributed by atoms with Gasteiger partial charge in [-0.25, -0.2) is 8.42 Å². The maximum Gasteiger partial charge on any atom is 0.243 e. The lowest BCUT2D eigenvalue weighted by atomic mass is 9.94. The molecule has 2 aliphatic rings. The smallest absolute Gasteiger partial charge is 0.243 e. The molecule has 1 saturated heterocycles. The summed E-state index contributed by atoms with van der Waals surface area (Å²) in [5.74, 6) is 0.516. The van der Waals surface area contributed by atoms with Gasteiger partial charge in [-0.2, -0.15) is 4.31 Å². The van der Waals surface area contributed by atoms with Crippen LogP contribution in [0, 0.1) is 0 Å². The zero-order valence-corrected chi connectivity index (χ0v) is 17.2. The van der Waals surface area contributed by atoms with Crippen LogP contribution in [0.15, 0.2) is 47.4 Å². The summed E-state index contributed by atoms with van der Waals surface area (Å²) in [5.41, 5.74) is 4.34. The lowest BCUT2D eigenvalue weighted by Gasteiger charge is -2.29. The van der Waals surface area contributed by atoms with Gasteiger partial charge in [0.15, 0.2) is 0 Å². The predicted molar refractivity (Wildman–Crippen MR) is 110 cm³/mol. The topological polar surface area (TPSA) is 57.7 Å². The molecule has 0 unspecified atom stereocenters. The normalized spacial score (nSPS) is 18.0. The second kappa shape index (κ2) is 7.33. The number of anilines is 1. The maximum atomic E-state index is 13.2. The van der Waals surface area contributed by atoms with Crippen LogP contribution in [-0.4, -0.2) is 31.7 Å². The van der Waals surface area contributed by atoms with Crippen molar-refractivity contribution in [2.45, 2.75) is 50.5 Å². The van der Waals surface area contributed by atoms with Crippen LogP contribution >= 0.6 is 0 Å². The number of hydrogen-bond acceptors (Lipinski definition) is 3. The van der Waals surface area contributed by atoms with Crippen LogP contribution in [0.1, 0.15) is 49.3 Å². The highest BCUT2D eigenvalue weighted by Crippen LogP contribution is 2.29. The fraction of sp³-hybridized carbons (Fsp3) is 0.409. The van der Waals surface area contributed by atoms with Gasteiger partial charge in [0.25, 0.3) is 0 Å². The molecule has 0 bridgehead atoms. The van der Waals surface area contributed by atoms with E-state index in [4.69, 9.17) is 0 Å². The minimum atomic E-state index is -3.56. The van der Waals surface area contributed by atoms with Crippen molar-refractivity contribution in [1.82, 2.24) is 4.31 Å². The molecule has 2 heterocycles. The number of fused-ring (bicyclic) bond motifs is 1. The number of carbonyl (C=O) groups is 1. The molecule has 2 aromatic rings. The second-order valence-electron chi connectivity index (χ2n) is 7.91. The number of carbonyl (C=O) groups excluding carboxylic acids is 1. The molecule has 0 aromatic heterocycles. The summed E-state index contributed by atoms with van der Waals surface area (Å²) in [4.78, 5) is 13.9. The molecule has 2 aromatic carbocycles. The Morgan fingerprint density at radius 3 is 2.32 bits per heavy atom. The Balaban J connectivity index is 1.57. The molecule has 148 valence electrons. The van der Waals surface area contributed by atoms with Crippen LogP contribution < -0.4 is 4.90 Å². The van der Waals surface area contributed by atoms with E-state index in [2.05, 4.69) is 32.0 Å². The van der Waals surface area contributed by atoms with Crippen molar-refractivity contribution < 1.29 is 13.2 Å². The van der Waals surface area contributed by atoms with Gasteiger partial charge in [-0.15, -0.1) is 0 Å². The van der Waals surface area contributed by atoms with Gasteiger partial charge in [0.2, 0.25) is 15.9 Å². The Labute approximate surface area is 167 Å². The molecule has 0 radical (unpaired) electrons. The Bertz CT molecular complexity index is 997. The number of sulfonamides is 1. The van der Waals surface area contributed by atoms with E-state index in [0.29, 0.717) is 32.0 Å². The molecule has 6 heteroatoms. The first-order chi connectivity index (χ1) is 13.4. The molecule has 0 saturated carbocycles. The predicted octanol–water partition coefficient (Wildman–Crippen LogP) is 3.68. The summed E-state index contributed by atoms with van der Waals surface area (Å²) in [7, 11) is -3.56. The third-order valence-electron chi connectivity index (χ3n) is 5.73. The van der Waals surface area contributed by atoms with E-state index < -0.39 is 10.0 Å². The minimum Gasteiger partial charge on any atom is -0.312 e. The summed E-state index contributed by atoms with van der Waals surface area (Å²) in [6, 6.07) is 13.1. The molecule has 2 aliphatic heterocycles. The van der Waals surface area contributed by atoms with Gasteiger partial charge in [-0.3, -0.25) is 4.79 Å². The Hall–Kier alpha value is -2.18. The summed E-state index contributed by atoms with van der Waals surface area (Å²) >= 11 is 0. The van der Waals surface area contributed by atoms with Crippen LogP contribution in [0.4, 0.5) is 5.69 Å². The average Bonchev–Trinajstić information content (AvgIpc) is 3.13. The molecule has 0 atom stereocenters. The molecule has 0 spiro atoms. The maximum absolute atomic E-state index is 13.2. The number of amides is 1. The number of hydrogen-bond donors (Lipinski definition) is 0. The highest BCUT2D eigenvalue weighted by Gasteiger charge is 2.29. The van der Waals surface area contributed by atoms with E-state index in [-0.39, 0.29) is 10.8 Å². The average molecular weight is 399 g/mol. The standard InChI is InChI=1S/C22H26N2O3S/c1-16(2)18-6-5-17-11-13-23(15-19(17)14-18)28(26,27)21-9-7-20(8-10-21)24-12-3-4-22(24)25/h5-10,14,16H,3-4,11-13,15H2,1-2H3. The first kappa shape index (κ1) is 19.2. The molecule has 5 nitrogen and oxygen atoms in total. The van der Waals surface area contributed by atoms with Gasteiger partial charge in [0.1, 0.15) is 0 Å². The lowest BCUT2D eigenvalue weighted by Crippen LogP contribution is -2.36. The van der Waals surface area contributed by atoms with Crippen LogP contribution in [-0.2, 0) is 27.8 Å². The van der Waals surface area contributed by atoms with Crippen molar-refractivity contribution in [2.75, 3.05) is 18.0 Å². The molecule has 4 rings (SSSR count). The van der Waals surface area contributed by atoms with E-state index in [0.717, 1.165) is 24.1 Å². The van der Waals surface area contributed by atoms with Gasteiger partial charge >= 0.3 is 0 Å². The lowest BCUT2D eigenvalue weighted by molar-refractivity contribution is -0.117. The minimum absolute atomic E-state index is 0.101. The zero-order chi connectivity index (χ0) is 19.9. The van der Waals surface area contributed by atoms with Crippen LogP contribution in [0.2, 0.25) is 0 Å². The van der Waals surface area contributed by atoms with Crippen molar-refractivity contribution in [3.8, 4) is 0 Å². The van der Waals surface area contributed by atoms with E-state index in [9.17, 15) is 13.2 Å². The van der Waals surface area contributed by atoms with Gasteiger partial charge < -0.3 is 4.90 Å². The summed E-state index contributed by atoms with van der Waals surface area (Å²) in [5, 5.41) is 0. The first-order valence-electron chi connectivity index (χ1n) is 9.88. The third kappa shape index (κ3) is 3.47. The van der Waals surface area contributed by atoms with Crippen molar-refractivity contribution >= 4 is 21.6 Å². The summed E-state index contributed by atoms with van der Waals surface area (Å²) in [6.07, 6.45) is 2.14. The fourth-order valence-electron chi connectivity index (χ4n) is 3.98. The molecule has 28 heavy (non-hydrogen) atoms. The Kier molecular flexibility index (Phi) is 5.02. The molecular formula is C22H26N2O3S. The summed E-state index contributed by atoms with van der Waals surface area (Å²) < 4.78 is 27.9. The van der Waals surface area contributed by atoms with Crippen LogP contribution in [0.5, 0.6) is 0 Å². The first-order valence-corrected chi connectivity index (χ1v) is 11.3.